The average Bonchev–Trinajstić information content (AvgIpc) is 2.12. The molecular formula is C8H20N4S. The molecule has 0 radical (unpaired) electrons. The Morgan fingerprint density at radius 3 is 2.31 bits per heavy atom. The van der Waals surface area contributed by atoms with Crippen molar-refractivity contribution in [3.8, 4) is 0 Å². The van der Waals surface area contributed by atoms with Crippen LogP contribution in [0.15, 0.2) is 0 Å². The molecular weight excluding hydrogens is 184 g/mol. The highest BCUT2D eigenvalue weighted by Crippen LogP contribution is 2.09. The van der Waals surface area contributed by atoms with Gasteiger partial charge >= 0.3 is 0 Å². The number of hydrogen-bond donors (Lipinski definition) is 4. The van der Waals surface area contributed by atoms with Crippen molar-refractivity contribution in [2.75, 3.05) is 0 Å². The fraction of sp³-hybridized carbons (Fsp3) is 0.875. The van der Waals surface area contributed by atoms with Gasteiger partial charge in [0.2, 0.25) is 0 Å². The fourth-order valence-electron chi connectivity index (χ4n) is 1.18. The van der Waals surface area contributed by atoms with E-state index < -0.39 is 0 Å². The normalized spacial score (nSPS) is 17.3. The maximum Gasteiger partial charge on any atom is 0.180 e. The summed E-state index contributed by atoms with van der Waals surface area (Å²) in [7, 11) is 0. The van der Waals surface area contributed by atoms with Crippen LogP contribution in [-0.2, 0) is 0 Å². The lowest BCUT2D eigenvalue weighted by molar-refractivity contribution is 0.360. The average molecular weight is 204 g/mol. The lowest BCUT2D eigenvalue weighted by Gasteiger charge is -2.27. The van der Waals surface area contributed by atoms with Crippen LogP contribution in [0.4, 0.5) is 0 Å². The van der Waals surface area contributed by atoms with Gasteiger partial charge in [0.15, 0.2) is 5.11 Å². The molecule has 0 aliphatic rings. The molecule has 0 aliphatic heterocycles. The summed E-state index contributed by atoms with van der Waals surface area (Å²) in [6.07, 6.45) is 0.977. The summed E-state index contributed by atoms with van der Waals surface area (Å²) in [6.45, 7) is 6.19. The minimum absolute atomic E-state index is 0.151. The molecule has 0 aliphatic carbocycles. The molecule has 0 heterocycles. The Morgan fingerprint density at radius 1 is 1.46 bits per heavy atom. The zero-order valence-electron chi connectivity index (χ0n) is 8.50. The van der Waals surface area contributed by atoms with E-state index in [0.717, 1.165) is 6.42 Å². The van der Waals surface area contributed by atoms with E-state index in [1.54, 1.807) is 0 Å². The first kappa shape index (κ1) is 12.6. The summed E-state index contributed by atoms with van der Waals surface area (Å²) in [5.41, 5.74) is 8.20. The van der Waals surface area contributed by atoms with Crippen LogP contribution in [-0.4, -0.2) is 17.2 Å². The fourth-order valence-corrected chi connectivity index (χ4v) is 1.33. The van der Waals surface area contributed by atoms with Crippen molar-refractivity contribution in [2.24, 2.45) is 17.5 Å². The lowest BCUT2D eigenvalue weighted by Crippen LogP contribution is -2.49. The molecule has 0 spiro atoms. The first-order valence-corrected chi connectivity index (χ1v) is 4.96. The molecule has 0 saturated heterocycles. The van der Waals surface area contributed by atoms with Crippen molar-refractivity contribution in [3.05, 3.63) is 0 Å². The molecule has 3 atom stereocenters. The Balaban J connectivity index is 4.09. The Bertz CT molecular complexity index is 160. The summed E-state index contributed by atoms with van der Waals surface area (Å²) < 4.78 is 0. The molecule has 13 heavy (non-hydrogen) atoms. The molecule has 0 fully saturated rings. The largest absolute Gasteiger partial charge is 0.359 e. The summed E-state index contributed by atoms with van der Waals surface area (Å²) in [6, 6.07) is 0.432. The van der Waals surface area contributed by atoms with Crippen LogP contribution in [0.3, 0.4) is 0 Å². The van der Waals surface area contributed by atoms with E-state index in [-0.39, 0.29) is 12.1 Å². The highest BCUT2D eigenvalue weighted by atomic mass is 32.1. The summed E-state index contributed by atoms with van der Waals surface area (Å²) in [5, 5.41) is 3.58. The first-order chi connectivity index (χ1) is 6.02. The standard InChI is InChI=1S/C8H20N4S/c1-4-7(5(2)6(3)9)11-8(13)12-10/h5-7H,4,9-10H2,1-3H3,(H2,11,12,13). The molecule has 5 heteroatoms. The molecule has 4 nitrogen and oxygen atoms in total. The Hall–Kier alpha value is -0.390. The lowest BCUT2D eigenvalue weighted by atomic mass is 9.93. The second-order valence-corrected chi connectivity index (χ2v) is 3.76. The van der Waals surface area contributed by atoms with Crippen LogP contribution in [0.25, 0.3) is 0 Å². The molecule has 0 saturated carbocycles. The van der Waals surface area contributed by atoms with Crippen molar-refractivity contribution in [3.63, 3.8) is 0 Å². The predicted molar refractivity (Wildman–Crippen MR) is 59.9 cm³/mol. The number of hydrogen-bond acceptors (Lipinski definition) is 3. The van der Waals surface area contributed by atoms with Gasteiger partial charge in [-0.3, -0.25) is 0 Å². The van der Waals surface area contributed by atoms with Crippen LogP contribution in [0.2, 0.25) is 0 Å². The van der Waals surface area contributed by atoms with E-state index in [1.165, 1.54) is 0 Å². The first-order valence-electron chi connectivity index (χ1n) is 4.55. The van der Waals surface area contributed by atoms with E-state index in [1.807, 2.05) is 6.92 Å². The van der Waals surface area contributed by atoms with Crippen LogP contribution in [0, 0.1) is 5.92 Å². The smallest absolute Gasteiger partial charge is 0.180 e. The summed E-state index contributed by atoms with van der Waals surface area (Å²) >= 11 is 4.92. The number of nitrogens with two attached hydrogens (primary N) is 2. The van der Waals surface area contributed by atoms with Crippen LogP contribution >= 0.6 is 12.2 Å². The van der Waals surface area contributed by atoms with Gasteiger partial charge in [0.05, 0.1) is 0 Å². The third kappa shape index (κ3) is 4.40. The van der Waals surface area contributed by atoms with Gasteiger partial charge in [0.1, 0.15) is 0 Å². The SMILES string of the molecule is CCC(NC(=S)NN)C(C)C(C)N. The Labute approximate surface area is 85.4 Å². The van der Waals surface area contributed by atoms with E-state index in [4.69, 9.17) is 23.8 Å². The zero-order chi connectivity index (χ0) is 10.4. The van der Waals surface area contributed by atoms with E-state index >= 15 is 0 Å². The molecule has 0 amide bonds. The molecule has 6 N–H and O–H groups in total. The van der Waals surface area contributed by atoms with Crippen molar-refractivity contribution in [1.82, 2.24) is 10.7 Å². The predicted octanol–water partition coefficient (Wildman–Crippen LogP) is 0.0861. The van der Waals surface area contributed by atoms with Gasteiger partial charge in [0, 0.05) is 12.1 Å². The quantitative estimate of drug-likeness (QED) is 0.296. The monoisotopic (exact) mass is 204 g/mol. The van der Waals surface area contributed by atoms with Crippen molar-refractivity contribution in [1.29, 1.82) is 0 Å². The van der Waals surface area contributed by atoms with Gasteiger partial charge in [0.25, 0.3) is 0 Å². The van der Waals surface area contributed by atoms with Crippen LogP contribution < -0.4 is 22.3 Å². The second kappa shape index (κ2) is 6.12. The topological polar surface area (TPSA) is 76.1 Å². The third-order valence-corrected chi connectivity index (χ3v) is 2.59. The summed E-state index contributed by atoms with van der Waals surface area (Å²) in [4.78, 5) is 0. The number of thiocarbonyl (C=S) groups is 1. The van der Waals surface area contributed by atoms with Gasteiger partial charge in [-0.2, -0.15) is 0 Å². The molecule has 0 bridgehead atoms. The molecule has 0 aromatic rings. The van der Waals surface area contributed by atoms with Crippen molar-refractivity contribution in [2.45, 2.75) is 39.3 Å². The molecule has 78 valence electrons. The van der Waals surface area contributed by atoms with Gasteiger partial charge in [-0.15, -0.1) is 0 Å². The molecule has 3 unspecified atom stereocenters. The van der Waals surface area contributed by atoms with Gasteiger partial charge < -0.3 is 16.5 Å². The molecule has 0 rings (SSSR count). The number of hydrazine groups is 1. The maximum absolute atomic E-state index is 5.79. The van der Waals surface area contributed by atoms with E-state index in [2.05, 4.69) is 24.6 Å². The van der Waals surface area contributed by atoms with E-state index in [0.29, 0.717) is 11.0 Å². The van der Waals surface area contributed by atoms with Gasteiger partial charge in [-0.25, -0.2) is 5.84 Å². The number of nitrogens with one attached hydrogen (secondary N) is 2. The minimum atomic E-state index is 0.151. The second-order valence-electron chi connectivity index (χ2n) is 3.35. The molecule has 0 aromatic carbocycles. The van der Waals surface area contributed by atoms with Crippen LogP contribution in [0.5, 0.6) is 0 Å². The summed E-state index contributed by atoms with van der Waals surface area (Å²) in [5.74, 6) is 5.54. The maximum atomic E-state index is 5.79. The highest BCUT2D eigenvalue weighted by molar-refractivity contribution is 7.80. The van der Waals surface area contributed by atoms with Crippen molar-refractivity contribution >= 4 is 17.3 Å². The van der Waals surface area contributed by atoms with Crippen LogP contribution in [0.1, 0.15) is 27.2 Å². The minimum Gasteiger partial charge on any atom is -0.359 e. The number of rotatable bonds is 4. The van der Waals surface area contributed by atoms with Crippen molar-refractivity contribution < 1.29 is 0 Å². The molecule has 0 aromatic heterocycles. The Morgan fingerprint density at radius 2 is 2.00 bits per heavy atom. The third-order valence-electron chi connectivity index (χ3n) is 2.35. The highest BCUT2D eigenvalue weighted by Gasteiger charge is 2.19. The Kier molecular flexibility index (Phi) is 5.94. The van der Waals surface area contributed by atoms with Gasteiger partial charge in [-0.1, -0.05) is 13.8 Å². The van der Waals surface area contributed by atoms with Gasteiger partial charge in [-0.05, 0) is 31.5 Å². The zero-order valence-corrected chi connectivity index (χ0v) is 9.32. The van der Waals surface area contributed by atoms with E-state index in [9.17, 15) is 0 Å².